The molecule has 0 bridgehead atoms. The fourth-order valence-corrected chi connectivity index (χ4v) is 4.91. The Labute approximate surface area is 111 Å². The highest BCUT2D eigenvalue weighted by molar-refractivity contribution is 7.89. The van der Waals surface area contributed by atoms with Crippen LogP contribution in [0.1, 0.15) is 19.8 Å². The molecular formula is C12H25N3O2S. The largest absolute Gasteiger partial charge is 0.313 e. The van der Waals surface area contributed by atoms with Gasteiger partial charge in [0.25, 0.3) is 0 Å². The van der Waals surface area contributed by atoms with E-state index in [1.54, 1.807) is 4.31 Å². The second kappa shape index (κ2) is 5.45. The van der Waals surface area contributed by atoms with E-state index in [1.807, 2.05) is 14.1 Å². The van der Waals surface area contributed by atoms with E-state index < -0.39 is 10.0 Å². The number of nitrogens with zero attached hydrogens (tertiary/aromatic N) is 2. The third-order valence-corrected chi connectivity index (χ3v) is 6.08. The Morgan fingerprint density at radius 3 is 2.56 bits per heavy atom. The second-order valence-electron chi connectivity index (χ2n) is 5.90. The van der Waals surface area contributed by atoms with Crippen molar-refractivity contribution in [2.45, 2.75) is 31.8 Å². The SMILES string of the molecule is CC1CN(S(=O)(=O)CC2CCCN2)CC1N(C)C. The van der Waals surface area contributed by atoms with Gasteiger partial charge in [0, 0.05) is 25.2 Å². The molecule has 3 unspecified atom stereocenters. The molecule has 106 valence electrons. The Morgan fingerprint density at radius 2 is 2.06 bits per heavy atom. The van der Waals surface area contributed by atoms with E-state index in [0.29, 0.717) is 25.0 Å². The van der Waals surface area contributed by atoms with Crippen LogP contribution in [0, 0.1) is 5.92 Å². The summed E-state index contributed by atoms with van der Waals surface area (Å²) in [6.45, 7) is 4.39. The topological polar surface area (TPSA) is 52.7 Å². The van der Waals surface area contributed by atoms with Crippen molar-refractivity contribution in [3.63, 3.8) is 0 Å². The second-order valence-corrected chi connectivity index (χ2v) is 7.91. The summed E-state index contributed by atoms with van der Waals surface area (Å²) < 4.78 is 26.4. The molecule has 0 spiro atoms. The van der Waals surface area contributed by atoms with Gasteiger partial charge in [0.15, 0.2) is 0 Å². The van der Waals surface area contributed by atoms with E-state index in [0.717, 1.165) is 19.4 Å². The van der Waals surface area contributed by atoms with Crippen molar-refractivity contribution in [2.75, 3.05) is 39.5 Å². The predicted octanol–water partition coefficient (Wildman–Crippen LogP) is -0.0499. The van der Waals surface area contributed by atoms with Crippen molar-refractivity contribution in [3.05, 3.63) is 0 Å². The number of likely N-dealkylation sites (N-methyl/N-ethyl adjacent to an activating group) is 1. The first kappa shape index (κ1) is 14.2. The van der Waals surface area contributed by atoms with Crippen LogP contribution in [-0.2, 0) is 10.0 Å². The zero-order valence-corrected chi connectivity index (χ0v) is 12.4. The van der Waals surface area contributed by atoms with Crippen molar-refractivity contribution in [1.82, 2.24) is 14.5 Å². The van der Waals surface area contributed by atoms with Crippen molar-refractivity contribution in [2.24, 2.45) is 5.92 Å². The first-order valence-electron chi connectivity index (χ1n) is 6.78. The molecular weight excluding hydrogens is 250 g/mol. The lowest BCUT2D eigenvalue weighted by Crippen LogP contribution is -2.40. The van der Waals surface area contributed by atoms with Crippen LogP contribution >= 0.6 is 0 Å². The molecule has 0 aromatic carbocycles. The molecule has 0 aromatic heterocycles. The van der Waals surface area contributed by atoms with Gasteiger partial charge in [0.05, 0.1) is 5.75 Å². The number of hydrogen-bond acceptors (Lipinski definition) is 4. The van der Waals surface area contributed by atoms with Gasteiger partial charge in [0.2, 0.25) is 10.0 Å². The molecule has 6 heteroatoms. The van der Waals surface area contributed by atoms with Crippen LogP contribution in [0.4, 0.5) is 0 Å². The van der Waals surface area contributed by atoms with Gasteiger partial charge in [-0.15, -0.1) is 0 Å². The summed E-state index contributed by atoms with van der Waals surface area (Å²) in [4.78, 5) is 2.13. The zero-order chi connectivity index (χ0) is 13.3. The van der Waals surface area contributed by atoms with Crippen LogP contribution < -0.4 is 5.32 Å². The Kier molecular flexibility index (Phi) is 4.31. The van der Waals surface area contributed by atoms with Gasteiger partial charge >= 0.3 is 0 Å². The first-order valence-corrected chi connectivity index (χ1v) is 8.38. The Bertz CT molecular complexity index is 377. The van der Waals surface area contributed by atoms with Gasteiger partial charge in [-0.3, -0.25) is 0 Å². The quantitative estimate of drug-likeness (QED) is 0.782. The van der Waals surface area contributed by atoms with Gasteiger partial charge in [-0.2, -0.15) is 4.31 Å². The molecule has 2 saturated heterocycles. The van der Waals surface area contributed by atoms with Gasteiger partial charge in [-0.05, 0) is 39.4 Å². The molecule has 2 aliphatic rings. The lowest BCUT2D eigenvalue weighted by molar-refractivity contribution is 0.263. The molecule has 18 heavy (non-hydrogen) atoms. The number of rotatable bonds is 4. The van der Waals surface area contributed by atoms with Gasteiger partial charge in [-0.25, -0.2) is 8.42 Å². The minimum atomic E-state index is -3.10. The molecule has 0 saturated carbocycles. The van der Waals surface area contributed by atoms with E-state index in [1.165, 1.54) is 0 Å². The number of nitrogens with one attached hydrogen (secondary N) is 1. The van der Waals surface area contributed by atoms with E-state index in [4.69, 9.17) is 0 Å². The number of sulfonamides is 1. The van der Waals surface area contributed by atoms with Crippen LogP contribution in [0.3, 0.4) is 0 Å². The number of hydrogen-bond donors (Lipinski definition) is 1. The monoisotopic (exact) mass is 275 g/mol. The van der Waals surface area contributed by atoms with Crippen LogP contribution in [0.5, 0.6) is 0 Å². The fourth-order valence-electron chi connectivity index (χ4n) is 3.06. The summed E-state index contributed by atoms with van der Waals surface area (Å²) in [6.07, 6.45) is 2.08. The van der Waals surface area contributed by atoms with Crippen LogP contribution in [0.25, 0.3) is 0 Å². The summed E-state index contributed by atoms with van der Waals surface area (Å²) in [5, 5.41) is 3.27. The molecule has 0 amide bonds. The van der Waals surface area contributed by atoms with Gasteiger partial charge in [-0.1, -0.05) is 6.92 Å². The van der Waals surface area contributed by atoms with Crippen molar-refractivity contribution < 1.29 is 8.42 Å². The molecule has 3 atom stereocenters. The van der Waals surface area contributed by atoms with E-state index in [-0.39, 0.29) is 11.8 Å². The van der Waals surface area contributed by atoms with E-state index in [9.17, 15) is 8.42 Å². The van der Waals surface area contributed by atoms with Gasteiger partial charge in [0.1, 0.15) is 0 Å². The molecule has 2 fully saturated rings. The highest BCUT2D eigenvalue weighted by Crippen LogP contribution is 2.23. The molecule has 1 N–H and O–H groups in total. The highest BCUT2D eigenvalue weighted by atomic mass is 32.2. The molecule has 5 nitrogen and oxygen atoms in total. The Hall–Kier alpha value is -0.170. The zero-order valence-electron chi connectivity index (χ0n) is 11.6. The van der Waals surface area contributed by atoms with Crippen LogP contribution in [0.15, 0.2) is 0 Å². The minimum Gasteiger partial charge on any atom is -0.313 e. The van der Waals surface area contributed by atoms with Crippen LogP contribution in [0.2, 0.25) is 0 Å². The normalized spacial score (nSPS) is 34.6. The average Bonchev–Trinajstić information content (AvgIpc) is 2.86. The predicted molar refractivity (Wildman–Crippen MR) is 73.0 cm³/mol. The summed E-state index contributed by atoms with van der Waals surface area (Å²) in [5.74, 6) is 0.672. The lowest BCUT2D eigenvalue weighted by Gasteiger charge is -2.23. The summed E-state index contributed by atoms with van der Waals surface area (Å²) in [5.41, 5.74) is 0. The third-order valence-electron chi connectivity index (χ3n) is 4.17. The molecule has 2 rings (SSSR count). The maximum Gasteiger partial charge on any atom is 0.215 e. The summed E-state index contributed by atoms with van der Waals surface area (Å²) in [7, 11) is 0.949. The maximum absolute atomic E-state index is 12.4. The van der Waals surface area contributed by atoms with Gasteiger partial charge < -0.3 is 10.2 Å². The summed E-state index contributed by atoms with van der Waals surface area (Å²) >= 11 is 0. The molecule has 0 aliphatic carbocycles. The summed E-state index contributed by atoms with van der Waals surface area (Å²) in [6, 6.07) is 0.500. The highest BCUT2D eigenvalue weighted by Gasteiger charge is 2.38. The average molecular weight is 275 g/mol. The molecule has 0 radical (unpaired) electrons. The van der Waals surface area contributed by atoms with Crippen molar-refractivity contribution in [3.8, 4) is 0 Å². The van der Waals surface area contributed by atoms with Crippen molar-refractivity contribution in [1.29, 1.82) is 0 Å². The standard InChI is InChI=1S/C12H25N3O2S/c1-10-7-15(8-12(10)14(2)3)18(16,17)9-11-5-4-6-13-11/h10-13H,4-9H2,1-3H3. The molecule has 2 aliphatic heterocycles. The van der Waals surface area contributed by atoms with Crippen molar-refractivity contribution >= 4 is 10.0 Å². The molecule has 0 aromatic rings. The maximum atomic E-state index is 12.4. The lowest BCUT2D eigenvalue weighted by atomic mass is 10.1. The van der Waals surface area contributed by atoms with Crippen LogP contribution in [-0.4, -0.2) is 69.2 Å². The van der Waals surface area contributed by atoms with E-state index in [2.05, 4.69) is 17.1 Å². The Morgan fingerprint density at radius 1 is 1.33 bits per heavy atom. The third kappa shape index (κ3) is 3.04. The first-order chi connectivity index (χ1) is 8.40. The molecule has 2 heterocycles. The smallest absolute Gasteiger partial charge is 0.215 e. The Balaban J connectivity index is 1.98. The fraction of sp³-hybridized carbons (Fsp3) is 1.00. The minimum absolute atomic E-state index is 0.156. The van der Waals surface area contributed by atoms with E-state index >= 15 is 0 Å².